The van der Waals surface area contributed by atoms with Crippen LogP contribution in [0.4, 0.5) is 0 Å². The molecule has 2 N–H and O–H groups in total. The molecule has 90 valence electrons. The number of rotatable bonds is 2. The van der Waals surface area contributed by atoms with Gasteiger partial charge in [-0.15, -0.1) is 0 Å². The van der Waals surface area contributed by atoms with Gasteiger partial charge < -0.3 is 10.1 Å². The molecule has 2 heterocycles. The van der Waals surface area contributed by atoms with E-state index in [1.165, 1.54) is 16.7 Å². The number of fused-ring (bicyclic) bond motifs is 1. The Labute approximate surface area is 106 Å². The van der Waals surface area contributed by atoms with E-state index in [0.29, 0.717) is 6.54 Å². The lowest BCUT2D eigenvalue weighted by molar-refractivity contribution is 0.904. The number of aryl methyl sites for hydroxylation is 1. The fourth-order valence-corrected chi connectivity index (χ4v) is 2.33. The number of hydrogen-bond acceptors (Lipinski definition) is 2. The Hall–Kier alpha value is -2.13. The van der Waals surface area contributed by atoms with Gasteiger partial charge in [-0.05, 0) is 24.1 Å². The predicted molar refractivity (Wildman–Crippen MR) is 73.3 cm³/mol. The molecule has 3 nitrogen and oxygen atoms in total. The second-order valence-electron chi connectivity index (χ2n) is 4.37. The zero-order chi connectivity index (χ0) is 12.5. The Morgan fingerprint density at radius 2 is 1.89 bits per heavy atom. The van der Waals surface area contributed by atoms with Crippen LogP contribution in [0.1, 0.15) is 11.4 Å². The van der Waals surface area contributed by atoms with Crippen molar-refractivity contribution in [3.8, 4) is 11.1 Å². The average Bonchev–Trinajstić information content (AvgIpc) is 2.82. The number of nitrogens with two attached hydrogens (primary N) is 1. The highest BCUT2D eigenvalue weighted by Gasteiger charge is 2.08. The van der Waals surface area contributed by atoms with Gasteiger partial charge in [0.15, 0.2) is 0 Å². The summed E-state index contributed by atoms with van der Waals surface area (Å²) in [6, 6.07) is 12.5. The van der Waals surface area contributed by atoms with Crippen molar-refractivity contribution in [3.05, 3.63) is 60.2 Å². The Balaban J connectivity index is 2.30. The number of nitrogens with zero attached hydrogens (tertiary/aromatic N) is 2. The van der Waals surface area contributed by atoms with Crippen LogP contribution in [0.15, 0.2) is 48.8 Å². The van der Waals surface area contributed by atoms with E-state index in [4.69, 9.17) is 5.73 Å². The topological polar surface area (TPSA) is 43.3 Å². The number of imidazole rings is 1. The van der Waals surface area contributed by atoms with Crippen molar-refractivity contribution >= 4 is 5.52 Å². The van der Waals surface area contributed by atoms with Crippen molar-refractivity contribution in [2.45, 2.75) is 13.5 Å². The highest BCUT2D eigenvalue weighted by atomic mass is 15.0. The molecule has 2 aromatic heterocycles. The lowest BCUT2D eigenvalue weighted by Crippen LogP contribution is -2.02. The molecule has 0 bridgehead atoms. The second kappa shape index (κ2) is 4.27. The number of benzene rings is 1. The van der Waals surface area contributed by atoms with Gasteiger partial charge in [0.2, 0.25) is 0 Å². The number of pyridine rings is 1. The van der Waals surface area contributed by atoms with Gasteiger partial charge in [-0.1, -0.05) is 30.3 Å². The van der Waals surface area contributed by atoms with Gasteiger partial charge in [0.25, 0.3) is 0 Å². The fraction of sp³-hybridized carbons (Fsp3) is 0.133. The van der Waals surface area contributed by atoms with E-state index in [2.05, 4.69) is 46.6 Å². The molecule has 3 aromatic rings. The molecule has 0 amide bonds. The van der Waals surface area contributed by atoms with Crippen LogP contribution in [0.3, 0.4) is 0 Å². The summed E-state index contributed by atoms with van der Waals surface area (Å²) in [5.74, 6) is 0.889. The van der Waals surface area contributed by atoms with Crippen LogP contribution in [-0.4, -0.2) is 9.38 Å². The molecule has 0 spiro atoms. The van der Waals surface area contributed by atoms with Crippen molar-refractivity contribution in [3.63, 3.8) is 0 Å². The molecule has 0 aliphatic heterocycles. The van der Waals surface area contributed by atoms with Gasteiger partial charge in [-0.3, -0.25) is 0 Å². The van der Waals surface area contributed by atoms with Crippen LogP contribution in [0, 0.1) is 6.92 Å². The molecule has 0 saturated heterocycles. The minimum absolute atomic E-state index is 0.450. The third-order valence-corrected chi connectivity index (χ3v) is 3.27. The van der Waals surface area contributed by atoms with E-state index < -0.39 is 0 Å². The summed E-state index contributed by atoms with van der Waals surface area (Å²) < 4.78 is 2.06. The molecular weight excluding hydrogens is 222 g/mol. The first-order chi connectivity index (χ1) is 8.81. The standard InChI is InChI=1S/C15H15N3/c1-11-5-2-3-6-12(11)13-7-4-8-18-14(13)10-17-15(18)9-16/h2-8,10H,9,16H2,1H3. The minimum Gasteiger partial charge on any atom is -0.324 e. The first kappa shape index (κ1) is 11.0. The van der Waals surface area contributed by atoms with Crippen molar-refractivity contribution in [2.75, 3.05) is 0 Å². The second-order valence-corrected chi connectivity index (χ2v) is 4.37. The Kier molecular flexibility index (Phi) is 2.61. The Morgan fingerprint density at radius 1 is 1.11 bits per heavy atom. The highest BCUT2D eigenvalue weighted by molar-refractivity contribution is 5.81. The summed E-state index contributed by atoms with van der Waals surface area (Å²) in [5.41, 5.74) is 10.5. The van der Waals surface area contributed by atoms with Crippen molar-refractivity contribution < 1.29 is 0 Å². The minimum atomic E-state index is 0.450. The monoisotopic (exact) mass is 237 g/mol. The molecule has 1 aromatic carbocycles. The maximum atomic E-state index is 5.70. The fourth-order valence-electron chi connectivity index (χ4n) is 2.33. The quantitative estimate of drug-likeness (QED) is 0.744. The Morgan fingerprint density at radius 3 is 2.67 bits per heavy atom. The molecule has 0 atom stereocenters. The van der Waals surface area contributed by atoms with E-state index >= 15 is 0 Å². The number of hydrogen-bond donors (Lipinski definition) is 1. The van der Waals surface area contributed by atoms with Crippen LogP contribution in [-0.2, 0) is 6.54 Å². The van der Waals surface area contributed by atoms with Gasteiger partial charge in [-0.25, -0.2) is 4.98 Å². The molecule has 18 heavy (non-hydrogen) atoms. The van der Waals surface area contributed by atoms with Crippen LogP contribution in [0.2, 0.25) is 0 Å². The maximum absolute atomic E-state index is 5.70. The summed E-state index contributed by atoms with van der Waals surface area (Å²) in [7, 11) is 0. The van der Waals surface area contributed by atoms with Gasteiger partial charge in [-0.2, -0.15) is 0 Å². The summed E-state index contributed by atoms with van der Waals surface area (Å²) in [6.07, 6.45) is 3.90. The van der Waals surface area contributed by atoms with Crippen LogP contribution >= 0.6 is 0 Å². The average molecular weight is 237 g/mol. The largest absolute Gasteiger partial charge is 0.324 e. The first-order valence-electron chi connectivity index (χ1n) is 6.02. The summed E-state index contributed by atoms with van der Waals surface area (Å²) >= 11 is 0. The van der Waals surface area contributed by atoms with E-state index in [-0.39, 0.29) is 0 Å². The van der Waals surface area contributed by atoms with E-state index in [1.807, 2.05) is 18.5 Å². The highest BCUT2D eigenvalue weighted by Crippen LogP contribution is 2.27. The zero-order valence-corrected chi connectivity index (χ0v) is 10.3. The smallest absolute Gasteiger partial charge is 0.127 e. The molecule has 3 rings (SSSR count). The third kappa shape index (κ3) is 1.60. The molecule has 0 saturated carbocycles. The van der Waals surface area contributed by atoms with Crippen molar-refractivity contribution in [1.29, 1.82) is 0 Å². The lowest BCUT2D eigenvalue weighted by Gasteiger charge is -2.08. The van der Waals surface area contributed by atoms with Gasteiger partial charge in [0.05, 0.1) is 18.3 Å². The Bertz CT molecular complexity index is 698. The van der Waals surface area contributed by atoms with Crippen molar-refractivity contribution in [1.82, 2.24) is 9.38 Å². The van der Waals surface area contributed by atoms with Gasteiger partial charge in [0, 0.05) is 11.8 Å². The summed E-state index contributed by atoms with van der Waals surface area (Å²) in [4.78, 5) is 4.37. The lowest BCUT2D eigenvalue weighted by atomic mass is 10.0. The van der Waals surface area contributed by atoms with Gasteiger partial charge in [0.1, 0.15) is 5.82 Å². The van der Waals surface area contributed by atoms with Gasteiger partial charge >= 0.3 is 0 Å². The molecular formula is C15H15N3. The SMILES string of the molecule is Cc1ccccc1-c1cccn2c(CN)ncc12. The predicted octanol–water partition coefficient (Wildman–Crippen LogP) is 2.77. The van der Waals surface area contributed by atoms with Crippen LogP contribution in [0.5, 0.6) is 0 Å². The van der Waals surface area contributed by atoms with Crippen molar-refractivity contribution in [2.24, 2.45) is 5.73 Å². The molecule has 3 heteroatoms. The van der Waals surface area contributed by atoms with E-state index in [0.717, 1.165) is 11.3 Å². The molecule has 0 unspecified atom stereocenters. The zero-order valence-electron chi connectivity index (χ0n) is 10.3. The van der Waals surface area contributed by atoms with Crippen LogP contribution < -0.4 is 5.73 Å². The van der Waals surface area contributed by atoms with Crippen LogP contribution in [0.25, 0.3) is 16.6 Å². The molecule has 0 fully saturated rings. The molecule has 0 radical (unpaired) electrons. The molecule has 0 aliphatic carbocycles. The third-order valence-electron chi connectivity index (χ3n) is 3.27. The van der Waals surface area contributed by atoms with E-state index in [1.54, 1.807) is 0 Å². The first-order valence-corrected chi connectivity index (χ1v) is 6.02. The maximum Gasteiger partial charge on any atom is 0.127 e. The van der Waals surface area contributed by atoms with E-state index in [9.17, 15) is 0 Å². The molecule has 0 aliphatic rings. The summed E-state index contributed by atoms with van der Waals surface area (Å²) in [6.45, 7) is 2.57. The summed E-state index contributed by atoms with van der Waals surface area (Å²) in [5, 5.41) is 0. The normalized spacial score (nSPS) is 11.0. The number of aromatic nitrogens is 2.